The number of nitrogens with two attached hydrogens (primary N) is 1. The molecule has 3 N–H and O–H groups in total. The van der Waals surface area contributed by atoms with Gasteiger partial charge < -0.3 is 16.0 Å². The number of nitrogens with zero attached hydrogens (tertiary/aromatic N) is 4. The van der Waals surface area contributed by atoms with Crippen molar-refractivity contribution in [3.8, 4) is 0 Å². The van der Waals surface area contributed by atoms with Crippen molar-refractivity contribution in [2.24, 2.45) is 11.8 Å². The van der Waals surface area contributed by atoms with Crippen molar-refractivity contribution in [2.45, 2.75) is 27.2 Å². The summed E-state index contributed by atoms with van der Waals surface area (Å²) in [6, 6.07) is 7.55. The number of aryl methyl sites for hydroxylation is 1. The van der Waals surface area contributed by atoms with Crippen LogP contribution in [0, 0.1) is 28.9 Å². The fourth-order valence-corrected chi connectivity index (χ4v) is 3.47. The van der Waals surface area contributed by atoms with Gasteiger partial charge in [-0.2, -0.15) is 9.97 Å². The smallest absolute Gasteiger partial charge is 0.353 e. The predicted octanol–water partition coefficient (Wildman–Crippen LogP) is 3.50. The molecule has 1 aliphatic heterocycles. The molecule has 0 amide bonds. The van der Waals surface area contributed by atoms with Gasteiger partial charge >= 0.3 is 5.69 Å². The van der Waals surface area contributed by atoms with Crippen LogP contribution >= 0.6 is 0 Å². The monoisotopic (exact) mass is 356 g/mol. The Morgan fingerprint density at radius 3 is 2.38 bits per heavy atom. The zero-order valence-electron chi connectivity index (χ0n) is 15.3. The van der Waals surface area contributed by atoms with E-state index < -0.39 is 4.92 Å². The van der Waals surface area contributed by atoms with E-state index in [2.05, 4.69) is 34.0 Å². The van der Waals surface area contributed by atoms with Crippen molar-refractivity contribution >= 4 is 29.0 Å². The van der Waals surface area contributed by atoms with Crippen LogP contribution in [0.1, 0.15) is 25.8 Å². The number of nitrogen functional groups attached to an aromatic ring is 1. The fraction of sp³-hybridized carbons (Fsp3) is 0.444. The molecule has 8 heteroatoms. The zero-order chi connectivity index (χ0) is 18.8. The van der Waals surface area contributed by atoms with Gasteiger partial charge in [-0.1, -0.05) is 31.5 Å². The van der Waals surface area contributed by atoms with E-state index in [1.807, 2.05) is 31.2 Å². The molecular formula is C18H24N6O2. The van der Waals surface area contributed by atoms with Crippen LogP contribution in [-0.4, -0.2) is 28.0 Å². The van der Waals surface area contributed by atoms with Crippen molar-refractivity contribution < 1.29 is 4.92 Å². The van der Waals surface area contributed by atoms with Gasteiger partial charge in [-0.25, -0.2) is 0 Å². The summed E-state index contributed by atoms with van der Waals surface area (Å²) in [5, 5.41) is 14.5. The summed E-state index contributed by atoms with van der Waals surface area (Å²) in [5.41, 5.74) is 7.43. The van der Waals surface area contributed by atoms with E-state index in [9.17, 15) is 10.1 Å². The molecule has 0 aliphatic carbocycles. The molecular weight excluding hydrogens is 332 g/mol. The Balaban J connectivity index is 1.99. The van der Waals surface area contributed by atoms with Gasteiger partial charge in [-0.3, -0.25) is 10.1 Å². The van der Waals surface area contributed by atoms with Crippen LogP contribution in [-0.2, 0) is 0 Å². The van der Waals surface area contributed by atoms with Gasteiger partial charge in [0, 0.05) is 18.8 Å². The van der Waals surface area contributed by atoms with Gasteiger partial charge in [0.15, 0.2) is 0 Å². The first-order valence-corrected chi connectivity index (χ1v) is 8.74. The van der Waals surface area contributed by atoms with E-state index in [1.54, 1.807) is 0 Å². The number of nitrogens with one attached hydrogen (secondary N) is 1. The minimum Gasteiger partial charge on any atom is -0.378 e. The Hall–Kier alpha value is -2.90. The maximum atomic E-state index is 11.5. The third-order valence-electron chi connectivity index (χ3n) is 4.55. The summed E-state index contributed by atoms with van der Waals surface area (Å²) in [6.45, 7) is 7.97. The number of nitro groups is 1. The van der Waals surface area contributed by atoms with Crippen LogP contribution in [0.4, 0.5) is 29.0 Å². The fourth-order valence-electron chi connectivity index (χ4n) is 3.47. The third-order valence-corrected chi connectivity index (χ3v) is 4.55. The van der Waals surface area contributed by atoms with Gasteiger partial charge in [0.05, 0.1) is 4.92 Å². The lowest BCUT2D eigenvalue weighted by atomic mass is 9.92. The lowest BCUT2D eigenvalue weighted by Crippen LogP contribution is -2.39. The van der Waals surface area contributed by atoms with E-state index >= 15 is 0 Å². The number of benzene rings is 1. The summed E-state index contributed by atoms with van der Waals surface area (Å²) in [5.74, 6) is 1.44. The molecule has 1 aromatic heterocycles. The molecule has 2 heterocycles. The van der Waals surface area contributed by atoms with E-state index in [1.165, 1.54) is 0 Å². The van der Waals surface area contributed by atoms with Crippen LogP contribution in [0.15, 0.2) is 24.3 Å². The molecule has 2 aromatic rings. The average molecular weight is 356 g/mol. The second-order valence-corrected chi connectivity index (χ2v) is 7.21. The maximum absolute atomic E-state index is 11.5. The minimum absolute atomic E-state index is 0.118. The van der Waals surface area contributed by atoms with E-state index in [0.29, 0.717) is 23.5 Å². The topological polar surface area (TPSA) is 110 Å². The van der Waals surface area contributed by atoms with Crippen molar-refractivity contribution in [3.05, 3.63) is 39.9 Å². The van der Waals surface area contributed by atoms with Gasteiger partial charge in [0.25, 0.3) is 0 Å². The molecule has 2 atom stereocenters. The van der Waals surface area contributed by atoms with Gasteiger partial charge in [0.2, 0.25) is 17.6 Å². The maximum Gasteiger partial charge on any atom is 0.353 e. The number of anilines is 4. The second-order valence-electron chi connectivity index (χ2n) is 7.21. The first-order valence-electron chi connectivity index (χ1n) is 8.74. The lowest BCUT2D eigenvalue weighted by Gasteiger charge is -2.35. The Labute approximate surface area is 152 Å². The molecule has 0 saturated carbocycles. The van der Waals surface area contributed by atoms with Crippen LogP contribution in [0.5, 0.6) is 0 Å². The third kappa shape index (κ3) is 3.84. The van der Waals surface area contributed by atoms with Gasteiger partial charge in [-0.15, -0.1) is 0 Å². The molecule has 1 fully saturated rings. The quantitative estimate of drug-likeness (QED) is 0.637. The second kappa shape index (κ2) is 7.15. The Morgan fingerprint density at radius 2 is 1.81 bits per heavy atom. The van der Waals surface area contributed by atoms with Crippen molar-refractivity contribution in [3.63, 3.8) is 0 Å². The normalized spacial score (nSPS) is 20.0. The highest BCUT2D eigenvalue weighted by Crippen LogP contribution is 2.33. The Morgan fingerprint density at radius 1 is 1.19 bits per heavy atom. The highest BCUT2D eigenvalue weighted by Gasteiger charge is 2.28. The average Bonchev–Trinajstić information content (AvgIpc) is 2.55. The molecule has 1 aromatic carbocycles. The van der Waals surface area contributed by atoms with Crippen LogP contribution < -0.4 is 16.0 Å². The summed E-state index contributed by atoms with van der Waals surface area (Å²) < 4.78 is 0. The van der Waals surface area contributed by atoms with Crippen LogP contribution in [0.25, 0.3) is 0 Å². The zero-order valence-corrected chi connectivity index (χ0v) is 15.3. The van der Waals surface area contributed by atoms with E-state index in [-0.39, 0.29) is 17.3 Å². The standard InChI is InChI=1S/C18H24N6O2/c1-11-4-6-14(7-5-11)20-17-15(24(25)26)16(19)21-18(22-17)23-9-12(2)8-13(3)10-23/h4-7,12-13H,8-10H2,1-3H3,(H3,19,20,21,22)/t12-,13+. The Kier molecular flexibility index (Phi) is 4.92. The van der Waals surface area contributed by atoms with Gasteiger partial charge in [0.1, 0.15) is 0 Å². The first kappa shape index (κ1) is 17.9. The van der Waals surface area contributed by atoms with E-state index in [4.69, 9.17) is 5.73 Å². The molecule has 1 aliphatic rings. The number of piperidine rings is 1. The number of aromatic nitrogens is 2. The molecule has 0 unspecified atom stereocenters. The molecule has 0 radical (unpaired) electrons. The molecule has 138 valence electrons. The van der Waals surface area contributed by atoms with Crippen molar-refractivity contribution in [1.29, 1.82) is 0 Å². The minimum atomic E-state index is -0.545. The molecule has 1 saturated heterocycles. The summed E-state index contributed by atoms with van der Waals surface area (Å²) >= 11 is 0. The summed E-state index contributed by atoms with van der Waals surface area (Å²) in [6.07, 6.45) is 1.15. The number of hydrogen-bond donors (Lipinski definition) is 2. The molecule has 0 spiro atoms. The van der Waals surface area contributed by atoms with Crippen LogP contribution in [0.3, 0.4) is 0 Å². The number of hydrogen-bond acceptors (Lipinski definition) is 7. The Bertz CT molecular complexity index is 798. The largest absolute Gasteiger partial charge is 0.378 e. The van der Waals surface area contributed by atoms with Gasteiger partial charge in [-0.05, 0) is 37.3 Å². The molecule has 26 heavy (non-hydrogen) atoms. The molecule has 3 rings (SSSR count). The van der Waals surface area contributed by atoms with Crippen LogP contribution in [0.2, 0.25) is 0 Å². The van der Waals surface area contributed by atoms with Crippen molar-refractivity contribution in [1.82, 2.24) is 9.97 Å². The van der Waals surface area contributed by atoms with E-state index in [0.717, 1.165) is 25.1 Å². The predicted molar refractivity (Wildman–Crippen MR) is 103 cm³/mol. The number of rotatable bonds is 4. The highest BCUT2D eigenvalue weighted by atomic mass is 16.6. The SMILES string of the molecule is Cc1ccc(Nc2nc(N3C[C@H](C)C[C@H](C)C3)nc(N)c2[N+](=O)[O-])cc1. The lowest BCUT2D eigenvalue weighted by molar-refractivity contribution is -0.383. The first-order chi connectivity index (χ1) is 12.3. The molecule has 8 nitrogen and oxygen atoms in total. The summed E-state index contributed by atoms with van der Waals surface area (Å²) in [4.78, 5) is 21.6. The van der Waals surface area contributed by atoms with Crippen molar-refractivity contribution in [2.75, 3.05) is 29.0 Å². The highest BCUT2D eigenvalue weighted by molar-refractivity contribution is 5.74. The molecule has 0 bridgehead atoms. The summed E-state index contributed by atoms with van der Waals surface area (Å²) in [7, 11) is 0.